The van der Waals surface area contributed by atoms with Crippen LogP contribution >= 0.6 is 0 Å². The lowest BCUT2D eigenvalue weighted by molar-refractivity contribution is -0.170. The summed E-state index contributed by atoms with van der Waals surface area (Å²) in [6.45, 7) is 6.33. The molecule has 2 N–H and O–H groups in total. The molecule has 200 valence electrons. The van der Waals surface area contributed by atoms with Crippen LogP contribution in [0.5, 0.6) is 11.5 Å². The third kappa shape index (κ3) is 5.45. The summed E-state index contributed by atoms with van der Waals surface area (Å²) in [5, 5.41) is 13.7. The van der Waals surface area contributed by atoms with E-state index in [1.807, 2.05) is 0 Å². The Bertz CT molecular complexity index is 1270. The zero-order valence-corrected chi connectivity index (χ0v) is 21.6. The van der Waals surface area contributed by atoms with Gasteiger partial charge in [-0.2, -0.15) is 8.78 Å². The average Bonchev–Trinajstić information content (AvgIpc) is 3.35. The molecule has 1 aromatic heterocycles. The minimum atomic E-state index is -3.79. The predicted octanol–water partition coefficient (Wildman–Crippen LogP) is 5.68. The number of methoxy groups -OCH3 is 1. The number of halogens is 3. The van der Waals surface area contributed by atoms with Crippen molar-refractivity contribution in [3.63, 3.8) is 0 Å². The molecular formula is C27H32F3N3O4. The number of aromatic nitrogens is 2. The molecule has 0 radical (unpaired) electrons. The normalized spacial score (nSPS) is 17.2. The van der Waals surface area contributed by atoms with Gasteiger partial charge in [-0.1, -0.05) is 12.1 Å². The van der Waals surface area contributed by atoms with Gasteiger partial charge in [0.25, 0.3) is 0 Å². The van der Waals surface area contributed by atoms with E-state index >= 15 is 4.39 Å². The molecule has 1 aliphatic heterocycles. The van der Waals surface area contributed by atoms with Crippen LogP contribution in [0.2, 0.25) is 0 Å². The van der Waals surface area contributed by atoms with E-state index in [0.29, 0.717) is 47.3 Å². The second-order valence-corrected chi connectivity index (χ2v) is 9.79. The summed E-state index contributed by atoms with van der Waals surface area (Å²) >= 11 is 0. The van der Waals surface area contributed by atoms with Crippen LogP contribution in [0.25, 0.3) is 10.9 Å². The Morgan fingerprint density at radius 3 is 2.62 bits per heavy atom. The number of rotatable bonds is 9. The maximum absolute atomic E-state index is 15.3. The van der Waals surface area contributed by atoms with Crippen LogP contribution in [0.1, 0.15) is 56.6 Å². The van der Waals surface area contributed by atoms with Crippen molar-refractivity contribution >= 4 is 16.7 Å². The molecule has 10 heteroatoms. The van der Waals surface area contributed by atoms with Gasteiger partial charge in [0.05, 0.1) is 30.3 Å². The fraction of sp³-hybridized carbons (Fsp3) is 0.481. The molecule has 0 saturated carbocycles. The average molecular weight is 520 g/mol. The molecular weight excluding hydrogens is 487 g/mol. The highest BCUT2D eigenvalue weighted by atomic mass is 19.3. The summed E-state index contributed by atoms with van der Waals surface area (Å²) < 4.78 is 62.1. The van der Waals surface area contributed by atoms with Gasteiger partial charge in [-0.15, -0.1) is 0 Å². The second kappa shape index (κ2) is 10.3. The van der Waals surface area contributed by atoms with Gasteiger partial charge in [-0.3, -0.25) is 0 Å². The Kier molecular flexibility index (Phi) is 7.52. The maximum atomic E-state index is 15.3. The largest absolute Gasteiger partial charge is 0.493 e. The molecule has 3 aromatic rings. The zero-order valence-electron chi connectivity index (χ0n) is 21.6. The van der Waals surface area contributed by atoms with Crippen LogP contribution in [-0.4, -0.2) is 47.1 Å². The molecule has 0 unspecified atom stereocenters. The smallest absolute Gasteiger partial charge is 0.303 e. The summed E-state index contributed by atoms with van der Waals surface area (Å²) in [5.74, 6) is -3.07. The van der Waals surface area contributed by atoms with Gasteiger partial charge in [0.15, 0.2) is 11.5 Å². The fourth-order valence-electron chi connectivity index (χ4n) is 4.33. The van der Waals surface area contributed by atoms with Crippen LogP contribution in [0.4, 0.5) is 19.0 Å². The molecule has 0 bridgehead atoms. The summed E-state index contributed by atoms with van der Waals surface area (Å²) in [5.41, 5.74) is -2.73. The van der Waals surface area contributed by atoms with Crippen molar-refractivity contribution < 1.29 is 32.5 Å². The second-order valence-electron chi connectivity index (χ2n) is 9.79. The SMILES string of the molecule is COc1cc2nc(C)nc(N[C@H](C)c3cccc(C(F)(F)C(C)(C)O)c3F)c2cc1OC[C@H]1CCCO1. The number of aliphatic hydroxyl groups is 1. The number of aryl methyl sites for hydroxylation is 1. The van der Waals surface area contributed by atoms with E-state index in [4.69, 9.17) is 14.2 Å². The summed E-state index contributed by atoms with van der Waals surface area (Å²) in [6, 6.07) is 6.48. The topological polar surface area (TPSA) is 85.7 Å². The lowest BCUT2D eigenvalue weighted by Crippen LogP contribution is -2.41. The first kappa shape index (κ1) is 26.9. The van der Waals surface area contributed by atoms with Crippen LogP contribution in [0, 0.1) is 12.7 Å². The predicted molar refractivity (Wildman–Crippen MR) is 134 cm³/mol. The Morgan fingerprint density at radius 1 is 1.22 bits per heavy atom. The Morgan fingerprint density at radius 2 is 1.97 bits per heavy atom. The van der Waals surface area contributed by atoms with E-state index in [9.17, 15) is 13.9 Å². The molecule has 1 aliphatic rings. The minimum Gasteiger partial charge on any atom is -0.493 e. The van der Waals surface area contributed by atoms with Gasteiger partial charge in [0.2, 0.25) is 0 Å². The minimum absolute atomic E-state index is 0.00423. The van der Waals surface area contributed by atoms with E-state index in [0.717, 1.165) is 32.8 Å². The lowest BCUT2D eigenvalue weighted by Gasteiger charge is -2.30. The molecule has 2 heterocycles. The van der Waals surface area contributed by atoms with E-state index < -0.39 is 28.9 Å². The van der Waals surface area contributed by atoms with Gasteiger partial charge in [-0.05, 0) is 52.7 Å². The third-order valence-corrected chi connectivity index (χ3v) is 6.50. The van der Waals surface area contributed by atoms with Crippen molar-refractivity contribution in [2.24, 2.45) is 0 Å². The first-order chi connectivity index (χ1) is 17.4. The van der Waals surface area contributed by atoms with Crippen molar-refractivity contribution in [3.05, 3.63) is 53.1 Å². The standard InChI is InChI=1S/C27H32F3N3O4/c1-15(18-9-6-10-20(24(18)28)27(29,30)26(3,4)34)31-25-19-12-23(37-14-17-8-7-11-36-17)22(35-5)13-21(19)32-16(2)33-25/h6,9-10,12-13,15,17,34H,7-8,11,14H2,1-5H3,(H,31,32,33)/t15-,17-/m1/s1. The van der Waals surface area contributed by atoms with Crippen LogP contribution in [-0.2, 0) is 10.7 Å². The van der Waals surface area contributed by atoms with Crippen molar-refractivity contribution in [1.82, 2.24) is 9.97 Å². The number of hydrogen-bond acceptors (Lipinski definition) is 7. The maximum Gasteiger partial charge on any atom is 0.303 e. The monoisotopic (exact) mass is 519 g/mol. The molecule has 0 amide bonds. The summed E-state index contributed by atoms with van der Waals surface area (Å²) in [4.78, 5) is 8.97. The first-order valence-corrected chi connectivity index (χ1v) is 12.2. The molecule has 0 spiro atoms. The highest BCUT2D eigenvalue weighted by Gasteiger charge is 2.49. The highest BCUT2D eigenvalue weighted by molar-refractivity contribution is 5.92. The van der Waals surface area contributed by atoms with Crippen LogP contribution in [0.3, 0.4) is 0 Å². The van der Waals surface area contributed by atoms with Crippen molar-refractivity contribution in [1.29, 1.82) is 0 Å². The van der Waals surface area contributed by atoms with E-state index in [-0.39, 0.29) is 11.7 Å². The number of nitrogens with zero attached hydrogens (tertiary/aromatic N) is 2. The van der Waals surface area contributed by atoms with Crippen LogP contribution in [0.15, 0.2) is 30.3 Å². The first-order valence-electron chi connectivity index (χ1n) is 12.2. The zero-order chi connectivity index (χ0) is 27.0. The Hall–Kier alpha value is -3.11. The lowest BCUT2D eigenvalue weighted by atomic mass is 9.91. The van der Waals surface area contributed by atoms with E-state index in [1.54, 1.807) is 26.0 Å². The quantitative estimate of drug-likeness (QED) is 0.376. The summed E-state index contributed by atoms with van der Waals surface area (Å²) in [7, 11) is 1.54. The van der Waals surface area contributed by atoms with Gasteiger partial charge in [0.1, 0.15) is 29.7 Å². The number of benzene rings is 2. The molecule has 2 atom stereocenters. The Labute approximate surface area is 214 Å². The van der Waals surface area contributed by atoms with Gasteiger partial charge in [0, 0.05) is 23.6 Å². The van der Waals surface area contributed by atoms with Crippen molar-refractivity contribution in [2.75, 3.05) is 25.6 Å². The number of fused-ring (bicyclic) bond motifs is 1. The number of ether oxygens (including phenoxy) is 3. The van der Waals surface area contributed by atoms with Crippen LogP contribution < -0.4 is 14.8 Å². The number of anilines is 1. The van der Waals surface area contributed by atoms with Gasteiger partial charge in [-0.25, -0.2) is 14.4 Å². The Balaban J connectivity index is 1.69. The molecule has 4 rings (SSSR count). The fourth-order valence-corrected chi connectivity index (χ4v) is 4.33. The van der Waals surface area contributed by atoms with E-state index in [1.165, 1.54) is 19.2 Å². The van der Waals surface area contributed by atoms with Gasteiger partial charge < -0.3 is 24.6 Å². The highest BCUT2D eigenvalue weighted by Crippen LogP contribution is 2.42. The number of alkyl halides is 2. The van der Waals surface area contributed by atoms with Crippen molar-refractivity contribution in [3.8, 4) is 11.5 Å². The molecule has 2 aromatic carbocycles. The molecule has 37 heavy (non-hydrogen) atoms. The molecule has 1 saturated heterocycles. The van der Waals surface area contributed by atoms with E-state index in [2.05, 4.69) is 15.3 Å². The summed E-state index contributed by atoms with van der Waals surface area (Å²) in [6.07, 6.45) is 1.91. The van der Waals surface area contributed by atoms with Gasteiger partial charge >= 0.3 is 5.92 Å². The van der Waals surface area contributed by atoms with Crippen molar-refractivity contribution in [2.45, 2.75) is 64.2 Å². The number of hydrogen-bond donors (Lipinski definition) is 2. The molecule has 7 nitrogen and oxygen atoms in total. The third-order valence-electron chi connectivity index (χ3n) is 6.50. The molecule has 0 aliphatic carbocycles. The number of nitrogens with one attached hydrogen (secondary N) is 1. The molecule has 1 fully saturated rings.